The lowest BCUT2D eigenvalue weighted by atomic mass is 10.1. The Morgan fingerprint density at radius 1 is 1.50 bits per heavy atom. The Kier molecular flexibility index (Phi) is 3.56. The summed E-state index contributed by atoms with van der Waals surface area (Å²) in [6.45, 7) is 4.53. The van der Waals surface area contributed by atoms with E-state index in [2.05, 4.69) is 4.90 Å². The highest BCUT2D eigenvalue weighted by molar-refractivity contribution is 5.24. The summed E-state index contributed by atoms with van der Waals surface area (Å²) in [4.78, 5) is 2.40. The molecule has 1 atom stereocenters. The first kappa shape index (κ1) is 11.6. The number of benzene rings is 1. The fourth-order valence-corrected chi connectivity index (χ4v) is 2.41. The van der Waals surface area contributed by atoms with Crippen molar-refractivity contribution < 1.29 is 4.39 Å². The predicted molar refractivity (Wildman–Crippen MR) is 63.6 cm³/mol. The zero-order valence-corrected chi connectivity index (χ0v) is 9.75. The Morgan fingerprint density at radius 2 is 2.31 bits per heavy atom. The van der Waals surface area contributed by atoms with E-state index in [1.165, 1.54) is 18.4 Å². The summed E-state index contributed by atoms with van der Waals surface area (Å²) in [5.41, 5.74) is 7.63. The van der Waals surface area contributed by atoms with Crippen molar-refractivity contribution in [2.24, 2.45) is 5.73 Å². The van der Waals surface area contributed by atoms with Gasteiger partial charge in [0.2, 0.25) is 0 Å². The van der Waals surface area contributed by atoms with E-state index in [1.807, 2.05) is 19.1 Å². The van der Waals surface area contributed by atoms with Gasteiger partial charge in [-0.2, -0.15) is 0 Å². The minimum Gasteiger partial charge on any atom is -0.329 e. The first-order valence-corrected chi connectivity index (χ1v) is 5.90. The first-order valence-electron chi connectivity index (χ1n) is 5.90. The van der Waals surface area contributed by atoms with Gasteiger partial charge < -0.3 is 5.73 Å². The molecule has 0 radical (unpaired) electrons. The second-order valence-electron chi connectivity index (χ2n) is 4.59. The molecule has 1 aromatic carbocycles. The van der Waals surface area contributed by atoms with Crippen LogP contribution in [0.3, 0.4) is 0 Å². The van der Waals surface area contributed by atoms with Crippen molar-refractivity contribution >= 4 is 0 Å². The van der Waals surface area contributed by atoms with Gasteiger partial charge in [0, 0.05) is 19.1 Å². The number of nitrogens with two attached hydrogens (primary N) is 1. The van der Waals surface area contributed by atoms with Crippen LogP contribution in [0, 0.1) is 12.7 Å². The van der Waals surface area contributed by atoms with Gasteiger partial charge in [-0.05, 0) is 43.5 Å². The number of nitrogens with zero attached hydrogens (tertiary/aromatic N) is 1. The molecule has 2 N–H and O–H groups in total. The molecule has 0 spiro atoms. The SMILES string of the molecule is Cc1cc(CN2CCCC2CN)ccc1F. The number of likely N-dealkylation sites (tertiary alicyclic amines) is 1. The maximum absolute atomic E-state index is 13.1. The van der Waals surface area contributed by atoms with Crippen molar-refractivity contribution in [1.29, 1.82) is 0 Å². The zero-order chi connectivity index (χ0) is 11.5. The van der Waals surface area contributed by atoms with E-state index in [0.717, 1.165) is 25.2 Å². The molecule has 0 aromatic heterocycles. The number of halogens is 1. The van der Waals surface area contributed by atoms with Crippen LogP contribution >= 0.6 is 0 Å². The van der Waals surface area contributed by atoms with Gasteiger partial charge in [-0.1, -0.05) is 12.1 Å². The van der Waals surface area contributed by atoms with Crippen molar-refractivity contribution in [3.63, 3.8) is 0 Å². The molecule has 1 heterocycles. The van der Waals surface area contributed by atoms with Crippen LogP contribution in [0.1, 0.15) is 24.0 Å². The quantitative estimate of drug-likeness (QED) is 0.848. The van der Waals surface area contributed by atoms with Crippen molar-refractivity contribution in [2.45, 2.75) is 32.4 Å². The van der Waals surface area contributed by atoms with Gasteiger partial charge in [-0.25, -0.2) is 4.39 Å². The number of rotatable bonds is 3. The van der Waals surface area contributed by atoms with E-state index in [9.17, 15) is 4.39 Å². The van der Waals surface area contributed by atoms with E-state index in [0.29, 0.717) is 6.04 Å². The number of aryl methyl sites for hydroxylation is 1. The molecule has 88 valence electrons. The Labute approximate surface area is 96.2 Å². The maximum Gasteiger partial charge on any atom is 0.126 e. The van der Waals surface area contributed by atoms with Gasteiger partial charge in [0.1, 0.15) is 5.82 Å². The van der Waals surface area contributed by atoms with E-state index in [-0.39, 0.29) is 5.82 Å². The summed E-state index contributed by atoms with van der Waals surface area (Å²) in [7, 11) is 0. The van der Waals surface area contributed by atoms with Crippen LogP contribution < -0.4 is 5.73 Å². The third kappa shape index (κ3) is 2.42. The first-order chi connectivity index (χ1) is 7.70. The standard InChI is InChI=1S/C13H19FN2/c1-10-7-11(4-5-13(10)14)9-16-6-2-3-12(16)8-15/h4-5,7,12H,2-3,6,8-9,15H2,1H3. The molecule has 2 nitrogen and oxygen atoms in total. The Morgan fingerprint density at radius 3 is 3.00 bits per heavy atom. The molecule has 1 saturated heterocycles. The highest BCUT2D eigenvalue weighted by atomic mass is 19.1. The molecule has 0 aliphatic carbocycles. The lowest BCUT2D eigenvalue weighted by molar-refractivity contribution is 0.250. The summed E-state index contributed by atoms with van der Waals surface area (Å²) < 4.78 is 13.1. The molecular weight excluding hydrogens is 203 g/mol. The smallest absolute Gasteiger partial charge is 0.126 e. The van der Waals surface area contributed by atoms with Gasteiger partial charge in [-0.3, -0.25) is 4.90 Å². The number of hydrogen-bond acceptors (Lipinski definition) is 2. The van der Waals surface area contributed by atoms with Crippen LogP contribution in [0.5, 0.6) is 0 Å². The van der Waals surface area contributed by atoms with E-state index < -0.39 is 0 Å². The molecule has 0 saturated carbocycles. The highest BCUT2D eigenvalue weighted by Crippen LogP contribution is 2.20. The van der Waals surface area contributed by atoms with E-state index in [1.54, 1.807) is 6.07 Å². The third-order valence-electron chi connectivity index (χ3n) is 3.38. The summed E-state index contributed by atoms with van der Waals surface area (Å²) in [6.07, 6.45) is 2.42. The summed E-state index contributed by atoms with van der Waals surface area (Å²) >= 11 is 0. The average molecular weight is 222 g/mol. The molecule has 1 aliphatic heterocycles. The van der Waals surface area contributed by atoms with Gasteiger partial charge in [0.05, 0.1) is 0 Å². The van der Waals surface area contributed by atoms with Crippen LogP contribution in [-0.2, 0) is 6.54 Å². The van der Waals surface area contributed by atoms with Gasteiger partial charge >= 0.3 is 0 Å². The van der Waals surface area contributed by atoms with Crippen molar-refractivity contribution in [3.8, 4) is 0 Å². The summed E-state index contributed by atoms with van der Waals surface area (Å²) in [5, 5.41) is 0. The fraction of sp³-hybridized carbons (Fsp3) is 0.538. The van der Waals surface area contributed by atoms with Crippen LogP contribution in [-0.4, -0.2) is 24.0 Å². The van der Waals surface area contributed by atoms with E-state index >= 15 is 0 Å². The van der Waals surface area contributed by atoms with Crippen LogP contribution in [0.15, 0.2) is 18.2 Å². The van der Waals surface area contributed by atoms with Crippen molar-refractivity contribution in [1.82, 2.24) is 4.90 Å². The molecule has 3 heteroatoms. The van der Waals surface area contributed by atoms with Gasteiger partial charge in [0.15, 0.2) is 0 Å². The minimum atomic E-state index is -0.124. The molecule has 1 aromatic rings. The van der Waals surface area contributed by atoms with Crippen LogP contribution in [0.25, 0.3) is 0 Å². The van der Waals surface area contributed by atoms with Crippen LogP contribution in [0.2, 0.25) is 0 Å². The zero-order valence-electron chi connectivity index (χ0n) is 9.75. The molecule has 2 rings (SSSR count). The fourth-order valence-electron chi connectivity index (χ4n) is 2.41. The van der Waals surface area contributed by atoms with Crippen LogP contribution in [0.4, 0.5) is 4.39 Å². The average Bonchev–Trinajstić information content (AvgIpc) is 2.71. The van der Waals surface area contributed by atoms with Crippen molar-refractivity contribution in [2.75, 3.05) is 13.1 Å². The minimum absolute atomic E-state index is 0.124. The third-order valence-corrected chi connectivity index (χ3v) is 3.38. The lowest BCUT2D eigenvalue weighted by Crippen LogP contribution is -2.34. The molecule has 1 fully saturated rings. The molecule has 0 bridgehead atoms. The topological polar surface area (TPSA) is 29.3 Å². The molecule has 1 aliphatic rings. The largest absolute Gasteiger partial charge is 0.329 e. The summed E-state index contributed by atoms with van der Waals surface area (Å²) in [6, 6.07) is 5.86. The Hall–Kier alpha value is -0.930. The molecule has 1 unspecified atom stereocenters. The monoisotopic (exact) mass is 222 g/mol. The number of hydrogen-bond donors (Lipinski definition) is 1. The van der Waals surface area contributed by atoms with Gasteiger partial charge in [-0.15, -0.1) is 0 Å². The Bertz CT molecular complexity index is 365. The van der Waals surface area contributed by atoms with Gasteiger partial charge in [0.25, 0.3) is 0 Å². The molecule has 0 amide bonds. The summed E-state index contributed by atoms with van der Waals surface area (Å²) in [5.74, 6) is -0.124. The van der Waals surface area contributed by atoms with Crippen molar-refractivity contribution in [3.05, 3.63) is 35.1 Å². The second kappa shape index (κ2) is 4.93. The highest BCUT2D eigenvalue weighted by Gasteiger charge is 2.22. The molecule has 16 heavy (non-hydrogen) atoms. The maximum atomic E-state index is 13.1. The molecular formula is C13H19FN2. The lowest BCUT2D eigenvalue weighted by Gasteiger charge is -2.23. The second-order valence-corrected chi connectivity index (χ2v) is 4.59. The van der Waals surface area contributed by atoms with E-state index in [4.69, 9.17) is 5.73 Å². The normalized spacial score (nSPS) is 21.6. The predicted octanol–water partition coefficient (Wildman–Crippen LogP) is 2.06. The Balaban J connectivity index is 2.05.